The Kier molecular flexibility index (Phi) is 5.18. The lowest BCUT2D eigenvalue weighted by Gasteiger charge is -2.26. The van der Waals surface area contributed by atoms with Crippen molar-refractivity contribution in [1.82, 2.24) is 3.97 Å². The van der Waals surface area contributed by atoms with Crippen LogP contribution in [-0.4, -0.2) is 12.4 Å². The van der Waals surface area contributed by atoms with E-state index in [1.165, 1.54) is 0 Å². The molecule has 0 saturated carbocycles. The van der Waals surface area contributed by atoms with E-state index in [4.69, 9.17) is 0 Å². The Hall–Kier alpha value is -5.13. The van der Waals surface area contributed by atoms with Crippen LogP contribution in [0.25, 0.3) is 44.1 Å². The number of para-hydroxylation sites is 2. The molecule has 0 spiro atoms. The minimum Gasteiger partial charge on any atom is -0.307 e. The second-order valence-electron chi connectivity index (χ2n) is 10.3. The number of hydrogen-bond acceptors (Lipinski definition) is 3. The van der Waals surface area contributed by atoms with E-state index in [0.29, 0.717) is 16.7 Å². The molecule has 0 atom stereocenters. The van der Waals surface area contributed by atoms with Crippen LogP contribution in [0.4, 0.5) is 17.1 Å². The van der Waals surface area contributed by atoms with Crippen LogP contribution >= 0.6 is 0 Å². The largest absolute Gasteiger partial charge is 0.307 e. The third-order valence-electron chi connectivity index (χ3n) is 7.91. The summed E-state index contributed by atoms with van der Waals surface area (Å²) < 4.78 is 30.5. The molecule has 7 aromatic rings. The molecule has 0 radical (unpaired) electrons. The van der Waals surface area contributed by atoms with Gasteiger partial charge in [0.2, 0.25) is 0 Å². The van der Waals surface area contributed by atoms with Crippen LogP contribution in [0, 0.1) is 0 Å². The van der Waals surface area contributed by atoms with Gasteiger partial charge in [-0.1, -0.05) is 103 Å². The first-order chi connectivity index (χ1) is 20.1. The molecule has 41 heavy (non-hydrogen) atoms. The van der Waals surface area contributed by atoms with Gasteiger partial charge in [0.15, 0.2) is 0 Å². The summed E-state index contributed by atoms with van der Waals surface area (Å²) in [6.07, 6.45) is 0. The van der Waals surface area contributed by atoms with Crippen molar-refractivity contribution in [2.75, 3.05) is 4.90 Å². The van der Waals surface area contributed by atoms with E-state index < -0.39 is 10.0 Å². The molecule has 196 valence electrons. The van der Waals surface area contributed by atoms with Gasteiger partial charge in [-0.25, -0.2) is 12.4 Å². The van der Waals surface area contributed by atoms with Crippen LogP contribution in [-0.2, 0) is 10.0 Å². The van der Waals surface area contributed by atoms with Crippen molar-refractivity contribution in [3.8, 4) is 22.3 Å². The van der Waals surface area contributed by atoms with Crippen molar-refractivity contribution < 1.29 is 8.42 Å². The van der Waals surface area contributed by atoms with Crippen molar-refractivity contribution in [3.05, 3.63) is 146 Å². The SMILES string of the molecule is O=S1(=O)c2ccccc2N(c2ccc(-c3ccccc3)cc2)c2cc(-c3ccccc3)cc3c4ccccc4n1c23. The van der Waals surface area contributed by atoms with Crippen molar-refractivity contribution in [2.45, 2.75) is 4.90 Å². The average molecular weight is 549 g/mol. The van der Waals surface area contributed by atoms with E-state index in [-0.39, 0.29) is 4.90 Å². The molecule has 8 rings (SSSR count). The van der Waals surface area contributed by atoms with Crippen LogP contribution in [0.15, 0.2) is 150 Å². The quantitative estimate of drug-likeness (QED) is 0.221. The summed E-state index contributed by atoms with van der Waals surface area (Å²) >= 11 is 0. The summed E-state index contributed by atoms with van der Waals surface area (Å²) in [5.74, 6) is 0. The minimum absolute atomic E-state index is 0.271. The zero-order valence-electron chi connectivity index (χ0n) is 22.0. The van der Waals surface area contributed by atoms with Gasteiger partial charge in [-0.05, 0) is 64.7 Å². The van der Waals surface area contributed by atoms with Crippen LogP contribution in [0.5, 0.6) is 0 Å². The molecule has 1 aliphatic rings. The standard InChI is InChI=1S/C36H24N2O2S/c39-41(40)35-18-10-9-17-33(35)37(29-21-19-27(20-22-29)25-11-3-1-4-12-25)34-24-28(26-13-5-2-6-14-26)23-31-30-15-7-8-16-32(30)38(41)36(31)34/h1-24H. The molecule has 5 heteroatoms. The van der Waals surface area contributed by atoms with Gasteiger partial charge < -0.3 is 4.90 Å². The number of rotatable bonds is 3. The van der Waals surface area contributed by atoms with Gasteiger partial charge in [0.25, 0.3) is 10.0 Å². The van der Waals surface area contributed by atoms with Crippen molar-refractivity contribution in [3.63, 3.8) is 0 Å². The summed E-state index contributed by atoms with van der Waals surface area (Å²) in [5.41, 5.74) is 8.00. The fourth-order valence-electron chi connectivity index (χ4n) is 6.05. The molecule has 4 nitrogen and oxygen atoms in total. The maximum absolute atomic E-state index is 14.5. The Labute approximate surface area is 238 Å². The molecule has 0 fully saturated rings. The highest BCUT2D eigenvalue weighted by atomic mass is 32.2. The second-order valence-corrected chi connectivity index (χ2v) is 12.0. The fraction of sp³-hybridized carbons (Fsp3) is 0. The Balaban J connectivity index is 1.50. The normalized spacial score (nSPS) is 13.7. The van der Waals surface area contributed by atoms with Gasteiger partial charge in [-0.2, -0.15) is 0 Å². The first kappa shape index (κ1) is 23.7. The molecule has 0 amide bonds. The lowest BCUT2D eigenvalue weighted by molar-refractivity contribution is 0.591. The van der Waals surface area contributed by atoms with E-state index in [9.17, 15) is 8.42 Å². The third-order valence-corrected chi connectivity index (χ3v) is 9.67. The molecule has 0 aliphatic carbocycles. The van der Waals surface area contributed by atoms with E-state index in [2.05, 4.69) is 65.6 Å². The van der Waals surface area contributed by atoms with Crippen LogP contribution in [0.2, 0.25) is 0 Å². The summed E-state index contributed by atoms with van der Waals surface area (Å²) in [6.45, 7) is 0. The predicted octanol–water partition coefficient (Wildman–Crippen LogP) is 9.15. The first-order valence-electron chi connectivity index (χ1n) is 13.5. The number of fused-ring (bicyclic) bond motifs is 4. The Morgan fingerprint density at radius 1 is 0.463 bits per heavy atom. The number of anilines is 3. The van der Waals surface area contributed by atoms with E-state index >= 15 is 0 Å². The highest BCUT2D eigenvalue weighted by Gasteiger charge is 2.34. The van der Waals surface area contributed by atoms with Crippen molar-refractivity contribution in [1.29, 1.82) is 0 Å². The fourth-order valence-corrected chi connectivity index (χ4v) is 7.78. The van der Waals surface area contributed by atoms with Gasteiger partial charge in [0.1, 0.15) is 4.90 Å². The Morgan fingerprint density at radius 3 is 1.78 bits per heavy atom. The molecule has 0 bridgehead atoms. The van der Waals surface area contributed by atoms with E-state index in [1.54, 1.807) is 16.1 Å². The minimum atomic E-state index is -3.92. The summed E-state index contributed by atoms with van der Waals surface area (Å²) in [5, 5.41) is 1.81. The molecule has 0 saturated heterocycles. The van der Waals surface area contributed by atoms with Gasteiger partial charge in [0, 0.05) is 16.5 Å². The van der Waals surface area contributed by atoms with Crippen LogP contribution in [0.3, 0.4) is 0 Å². The maximum atomic E-state index is 14.5. The summed E-state index contributed by atoms with van der Waals surface area (Å²) in [4.78, 5) is 2.37. The van der Waals surface area contributed by atoms with Crippen LogP contribution in [0.1, 0.15) is 0 Å². The topological polar surface area (TPSA) is 42.3 Å². The number of nitrogens with zero attached hydrogens (tertiary/aromatic N) is 2. The average Bonchev–Trinajstić information content (AvgIpc) is 3.34. The van der Waals surface area contributed by atoms with Crippen molar-refractivity contribution >= 4 is 48.9 Å². The number of benzene rings is 6. The van der Waals surface area contributed by atoms with Crippen molar-refractivity contribution in [2.24, 2.45) is 0 Å². The maximum Gasteiger partial charge on any atom is 0.270 e. The molecule has 6 aromatic carbocycles. The molecule has 1 aromatic heterocycles. The number of hydrogen-bond donors (Lipinski definition) is 0. The third kappa shape index (κ3) is 3.56. The molecule has 0 unspecified atom stereocenters. The number of aromatic nitrogens is 1. The van der Waals surface area contributed by atoms with Gasteiger partial charge >= 0.3 is 0 Å². The molecule has 2 heterocycles. The Morgan fingerprint density at radius 2 is 1.05 bits per heavy atom. The van der Waals surface area contributed by atoms with Gasteiger partial charge in [0.05, 0.1) is 22.4 Å². The monoisotopic (exact) mass is 548 g/mol. The molecular weight excluding hydrogens is 524 g/mol. The van der Waals surface area contributed by atoms with E-state index in [1.807, 2.05) is 72.8 Å². The lowest BCUT2D eigenvalue weighted by Crippen LogP contribution is -2.13. The van der Waals surface area contributed by atoms with Gasteiger partial charge in [-0.15, -0.1) is 0 Å². The predicted molar refractivity (Wildman–Crippen MR) is 168 cm³/mol. The zero-order valence-corrected chi connectivity index (χ0v) is 22.8. The zero-order chi connectivity index (χ0) is 27.6. The second kappa shape index (κ2) is 8.95. The Bertz CT molecular complexity index is 2200. The molecular formula is C36H24N2O2S. The lowest BCUT2D eigenvalue weighted by atomic mass is 10.00. The molecule has 0 N–H and O–H groups in total. The summed E-state index contributed by atoms with van der Waals surface area (Å²) in [6, 6.07) is 48.2. The summed E-state index contributed by atoms with van der Waals surface area (Å²) in [7, 11) is -3.92. The smallest absolute Gasteiger partial charge is 0.270 e. The first-order valence-corrected chi connectivity index (χ1v) is 15.0. The highest BCUT2D eigenvalue weighted by molar-refractivity contribution is 7.90. The highest BCUT2D eigenvalue weighted by Crippen LogP contribution is 2.49. The van der Waals surface area contributed by atoms with Crippen LogP contribution < -0.4 is 4.90 Å². The van der Waals surface area contributed by atoms with E-state index in [0.717, 1.165) is 44.4 Å². The molecule has 1 aliphatic heterocycles. The van der Waals surface area contributed by atoms with Gasteiger partial charge in [-0.3, -0.25) is 0 Å².